The quantitative estimate of drug-likeness (QED) is 0.0323. The van der Waals surface area contributed by atoms with E-state index in [0.717, 1.165) is 23.3 Å². The molecule has 0 bridgehead atoms. The van der Waals surface area contributed by atoms with Gasteiger partial charge in [0.05, 0.1) is 44.0 Å². The molecule has 0 fully saturated rings. The van der Waals surface area contributed by atoms with Crippen LogP contribution in [0.4, 0.5) is 11.4 Å². The molecule has 26 heteroatoms. The van der Waals surface area contributed by atoms with Gasteiger partial charge in [0.2, 0.25) is 5.69 Å². The van der Waals surface area contributed by atoms with E-state index < -0.39 is 88.8 Å². The number of unbranched alkanes of at least 4 members (excludes halogenated alkanes) is 1. The fourth-order valence-corrected chi connectivity index (χ4v) is 14.1. The largest absolute Gasteiger partial charge is 0.352 e. The van der Waals surface area contributed by atoms with E-state index in [1.54, 1.807) is 47.6 Å². The summed E-state index contributed by atoms with van der Waals surface area (Å²) in [6.45, 7) is 9.39. The Hall–Kier alpha value is -3.67. The number of aryl methyl sites for hydroxylation is 1. The zero-order valence-electron chi connectivity index (χ0n) is 37.0. The highest BCUT2D eigenvalue weighted by Crippen LogP contribution is 2.56. The molecular weight excluding hydrogens is 1010 g/mol. The number of anilines is 1. The fraction of sp³-hybridized carbons (Fsp3) is 0.463. The molecule has 2 aromatic heterocycles. The van der Waals surface area contributed by atoms with Gasteiger partial charge in [0, 0.05) is 52.3 Å². The highest BCUT2D eigenvalue weighted by Gasteiger charge is 2.48. The van der Waals surface area contributed by atoms with Crippen LogP contribution in [0.3, 0.4) is 0 Å². The van der Waals surface area contributed by atoms with Crippen molar-refractivity contribution < 1.29 is 74.2 Å². The number of benzene rings is 2. The molecular formula is C41H52N3O16S7+. The lowest BCUT2D eigenvalue weighted by Crippen LogP contribution is -2.31. The van der Waals surface area contributed by atoms with Gasteiger partial charge in [0.25, 0.3) is 36.3 Å². The van der Waals surface area contributed by atoms with E-state index in [9.17, 15) is 69.6 Å². The third-order valence-corrected chi connectivity index (χ3v) is 19.5. The second-order valence-corrected chi connectivity index (χ2v) is 27.4. The summed E-state index contributed by atoms with van der Waals surface area (Å²) >= 11 is 1.50. The van der Waals surface area contributed by atoms with Crippen LogP contribution < -0.4 is 10.2 Å². The zero-order chi connectivity index (χ0) is 49.9. The van der Waals surface area contributed by atoms with Crippen LogP contribution >= 0.6 is 22.7 Å². The molecule has 1 amide bonds. The predicted octanol–water partition coefficient (Wildman–Crippen LogP) is 6.27. The molecule has 2 aromatic carbocycles. The molecule has 6 rings (SSSR count). The maximum absolute atomic E-state index is 13.9. The van der Waals surface area contributed by atoms with Crippen LogP contribution in [0.2, 0.25) is 0 Å². The molecule has 6 N–H and O–H groups in total. The monoisotopic (exact) mass is 1070 g/mol. The third-order valence-electron chi connectivity index (χ3n) is 12.0. The van der Waals surface area contributed by atoms with Crippen LogP contribution in [0.15, 0.2) is 56.6 Å². The smallest absolute Gasteiger partial charge is 0.304 e. The van der Waals surface area contributed by atoms with E-state index in [1.807, 2.05) is 26.8 Å². The van der Waals surface area contributed by atoms with E-state index >= 15 is 0 Å². The first kappa shape index (κ1) is 52.7. The minimum Gasteiger partial charge on any atom is -0.352 e. The van der Waals surface area contributed by atoms with Crippen molar-refractivity contribution in [3.05, 3.63) is 70.4 Å². The van der Waals surface area contributed by atoms with Crippen LogP contribution in [0.5, 0.6) is 0 Å². The standard InChI is InChI=1S/C41H51N3O16S7/c1-6-7-15-42-39(45)28-22-30-36(27-24-34(62-38(27)28)67(58,59)60)44(17-11-20-65(52,53)54)32(41(30,5)14-9-18-63(46,47)48)13-8-12-31-40(3,4)29-21-25(2)37-26(23-33(61-37)66(55,56)57)35(29)43(31)16-10-19-64(49,50)51/h8,12-13,21-24H,6-7,9-11,14-20H2,1-5H3,(H5-,42,45,46,47,48,49,50,51,52,53,54,55,56,57,58,59,60)/p+1. The number of hydrogen-bond donors (Lipinski definition) is 6. The van der Waals surface area contributed by atoms with Crippen molar-refractivity contribution in [3.8, 4) is 0 Å². The van der Waals surface area contributed by atoms with Crippen molar-refractivity contribution >= 4 is 116 Å². The van der Waals surface area contributed by atoms with Crippen LogP contribution in [0.1, 0.15) is 93.3 Å². The molecule has 4 aromatic rings. The molecule has 0 saturated carbocycles. The van der Waals surface area contributed by atoms with Gasteiger partial charge in [0.1, 0.15) is 15.0 Å². The Labute approximate surface area is 398 Å². The normalized spacial score (nSPS) is 18.5. The summed E-state index contributed by atoms with van der Waals surface area (Å²) in [7, 11) is -22.8. The van der Waals surface area contributed by atoms with Gasteiger partial charge in [-0.3, -0.25) is 27.6 Å². The number of amides is 1. The summed E-state index contributed by atoms with van der Waals surface area (Å²) < 4.78 is 173. The summed E-state index contributed by atoms with van der Waals surface area (Å²) in [5.74, 6) is -2.53. The number of carbonyl (C=O) groups is 1. The molecule has 2 aliphatic rings. The Morgan fingerprint density at radius 1 is 0.746 bits per heavy atom. The van der Waals surface area contributed by atoms with E-state index in [-0.39, 0.29) is 65.2 Å². The van der Waals surface area contributed by atoms with Gasteiger partial charge in [0.15, 0.2) is 5.71 Å². The maximum atomic E-state index is 13.9. The molecule has 19 nitrogen and oxygen atoms in total. The molecule has 4 heterocycles. The van der Waals surface area contributed by atoms with Gasteiger partial charge in [-0.25, -0.2) is 0 Å². The van der Waals surface area contributed by atoms with Crippen molar-refractivity contribution in [2.75, 3.05) is 41.8 Å². The summed E-state index contributed by atoms with van der Waals surface area (Å²) in [5.41, 5.74) is 1.56. The topological polar surface area (TPSA) is 307 Å². The van der Waals surface area contributed by atoms with Crippen LogP contribution in [-0.4, -0.2) is 118 Å². The van der Waals surface area contributed by atoms with E-state index in [1.165, 1.54) is 12.1 Å². The molecule has 0 spiro atoms. The Morgan fingerprint density at radius 2 is 1.31 bits per heavy atom. The average Bonchev–Trinajstić information content (AvgIpc) is 3.92. The van der Waals surface area contributed by atoms with Crippen molar-refractivity contribution in [3.63, 3.8) is 0 Å². The van der Waals surface area contributed by atoms with E-state index in [2.05, 4.69) is 5.32 Å². The molecule has 2 aliphatic heterocycles. The highest BCUT2D eigenvalue weighted by atomic mass is 32.3. The highest BCUT2D eigenvalue weighted by molar-refractivity contribution is 7.88. The minimum atomic E-state index is -4.83. The van der Waals surface area contributed by atoms with Gasteiger partial charge >= 0.3 is 20.2 Å². The summed E-state index contributed by atoms with van der Waals surface area (Å²) in [5, 5.41) is 3.50. The number of thiophene rings is 2. The van der Waals surface area contributed by atoms with Crippen LogP contribution in [0, 0.1) is 6.92 Å². The first-order chi connectivity index (χ1) is 30.8. The van der Waals surface area contributed by atoms with Crippen LogP contribution in [0.25, 0.3) is 20.2 Å². The predicted molar refractivity (Wildman–Crippen MR) is 258 cm³/mol. The molecule has 0 saturated heterocycles. The average molecular weight is 1070 g/mol. The number of rotatable bonds is 20. The van der Waals surface area contributed by atoms with Gasteiger partial charge < -0.3 is 10.2 Å². The molecule has 67 heavy (non-hydrogen) atoms. The summed E-state index contributed by atoms with van der Waals surface area (Å²) in [6, 6.07) is 5.96. The third kappa shape index (κ3) is 11.4. The molecule has 368 valence electrons. The minimum absolute atomic E-state index is 0.00721. The van der Waals surface area contributed by atoms with Crippen molar-refractivity contribution in [2.24, 2.45) is 0 Å². The number of fused-ring (bicyclic) bond motifs is 6. The summed E-state index contributed by atoms with van der Waals surface area (Å²) in [4.78, 5) is 15.6. The first-order valence-corrected chi connectivity index (χ1v) is 30.2. The SMILES string of the molecule is CCCCNC(=O)c1cc2c(c3cc(S(=O)(=O)O)sc13)N(CCCS(=O)(=O)O)C(=CC=CC1=[N+](CCCS(=O)(=O)O)c3c(cc(C)c4sc(S(=O)(=O)O)cc34)C1(C)C)C2(C)CCCS(=O)(=O)O. The van der Waals surface area contributed by atoms with Gasteiger partial charge in [-0.2, -0.15) is 46.7 Å². The lowest BCUT2D eigenvalue weighted by Gasteiger charge is -2.30. The Balaban J connectivity index is 1.63. The lowest BCUT2D eigenvalue weighted by molar-refractivity contribution is -0.435. The molecule has 1 atom stereocenters. The number of hydrogen-bond acceptors (Lipinski definition) is 14. The van der Waals surface area contributed by atoms with Crippen molar-refractivity contribution in [1.82, 2.24) is 5.32 Å². The maximum Gasteiger partial charge on any atom is 0.304 e. The second kappa shape index (κ2) is 18.9. The van der Waals surface area contributed by atoms with E-state index in [0.29, 0.717) is 61.8 Å². The van der Waals surface area contributed by atoms with Gasteiger partial charge in [-0.05, 0) is 94.8 Å². The number of nitrogens with zero attached hydrogens (tertiary/aromatic N) is 2. The van der Waals surface area contributed by atoms with Crippen molar-refractivity contribution in [2.45, 2.75) is 92.4 Å². The number of allylic oxidation sites excluding steroid dienone is 4. The Bertz CT molecular complexity index is 3350. The number of carbonyl (C=O) groups excluding carboxylic acids is 1. The van der Waals surface area contributed by atoms with E-state index in [4.69, 9.17) is 0 Å². The lowest BCUT2D eigenvalue weighted by atomic mass is 9.76. The fourth-order valence-electron chi connectivity index (χ4n) is 8.98. The molecule has 1 unspecified atom stereocenters. The van der Waals surface area contributed by atoms with Gasteiger partial charge in [-0.1, -0.05) is 19.4 Å². The summed E-state index contributed by atoms with van der Waals surface area (Å²) in [6.07, 6.45) is 6.00. The Morgan fingerprint density at radius 3 is 1.90 bits per heavy atom. The second-order valence-electron chi connectivity index (χ2n) is 17.3. The Kier molecular flexibility index (Phi) is 14.9. The molecule has 0 aliphatic carbocycles. The first-order valence-electron chi connectivity index (χ1n) is 20.9. The zero-order valence-corrected chi connectivity index (χ0v) is 42.7. The van der Waals surface area contributed by atoms with Gasteiger partial charge in [-0.15, -0.1) is 22.7 Å². The van der Waals surface area contributed by atoms with Crippen molar-refractivity contribution in [1.29, 1.82) is 0 Å². The number of nitrogens with one attached hydrogen (secondary N) is 1. The molecule has 0 radical (unpaired) electrons. The van der Waals surface area contributed by atoms with Crippen LogP contribution in [-0.2, 0) is 61.4 Å².